The van der Waals surface area contributed by atoms with Gasteiger partial charge in [-0.25, -0.2) is 0 Å². The van der Waals surface area contributed by atoms with E-state index in [0.29, 0.717) is 17.6 Å². The number of hydrogen-bond acceptors (Lipinski definition) is 2. The Labute approximate surface area is 140 Å². The van der Waals surface area contributed by atoms with E-state index in [9.17, 15) is 5.11 Å². The molecule has 0 heterocycles. The van der Waals surface area contributed by atoms with Crippen LogP contribution in [-0.2, 0) is 4.74 Å². The molecule has 3 heteroatoms. The number of phenolic OH excluding ortho intramolecular Hbond substituents is 1. The summed E-state index contributed by atoms with van der Waals surface area (Å²) in [5.74, 6) is 1.13. The first-order valence-corrected chi connectivity index (χ1v) is 8.56. The molecule has 2 aromatic rings. The van der Waals surface area contributed by atoms with Crippen LogP contribution in [0.2, 0.25) is 0 Å². The minimum atomic E-state index is 0.0803. The molecular formula is C19H21BrO2. The van der Waals surface area contributed by atoms with Gasteiger partial charge < -0.3 is 9.84 Å². The van der Waals surface area contributed by atoms with Crippen molar-refractivity contribution < 1.29 is 9.84 Å². The summed E-state index contributed by atoms with van der Waals surface area (Å²) in [5, 5.41) is 10.3. The number of methoxy groups -OCH3 is 1. The Bertz CT molecular complexity index is 627. The molecule has 0 amide bonds. The van der Waals surface area contributed by atoms with E-state index in [0.717, 1.165) is 22.9 Å². The number of phenols is 1. The third-order valence-electron chi connectivity index (χ3n) is 4.73. The molecular weight excluding hydrogens is 340 g/mol. The van der Waals surface area contributed by atoms with Crippen LogP contribution >= 0.6 is 15.9 Å². The molecule has 0 saturated heterocycles. The molecule has 0 bridgehead atoms. The quantitative estimate of drug-likeness (QED) is 0.787. The summed E-state index contributed by atoms with van der Waals surface area (Å²) in [5.41, 5.74) is 2.27. The van der Waals surface area contributed by atoms with Crippen LogP contribution in [0.25, 0.3) is 0 Å². The van der Waals surface area contributed by atoms with E-state index in [4.69, 9.17) is 4.74 Å². The number of hydrogen-bond donors (Lipinski definition) is 1. The maximum absolute atomic E-state index is 10.3. The van der Waals surface area contributed by atoms with Crippen LogP contribution in [0.1, 0.15) is 42.4 Å². The highest BCUT2D eigenvalue weighted by atomic mass is 79.9. The lowest BCUT2D eigenvalue weighted by atomic mass is 9.82. The second-order valence-electron chi connectivity index (χ2n) is 5.97. The van der Waals surface area contributed by atoms with Crippen LogP contribution in [0.4, 0.5) is 0 Å². The standard InChI is InChI=1S/C19H21BrO2/c1-22-19(13-6-3-2-4-7-13)17-9-5-8-15(17)16-11-10-14(20)12-18(16)21/h2-4,6-7,10-12,15,17,19,21H,5,8-9H2,1H3/t15-,17-,19?/m1/s1. The molecule has 2 aromatic carbocycles. The molecule has 22 heavy (non-hydrogen) atoms. The van der Waals surface area contributed by atoms with Crippen molar-refractivity contribution in [1.29, 1.82) is 0 Å². The lowest BCUT2D eigenvalue weighted by Gasteiger charge is -2.29. The van der Waals surface area contributed by atoms with Gasteiger partial charge >= 0.3 is 0 Å². The minimum Gasteiger partial charge on any atom is -0.508 e. The van der Waals surface area contributed by atoms with E-state index in [1.54, 1.807) is 13.2 Å². The molecule has 1 N–H and O–H groups in total. The zero-order chi connectivity index (χ0) is 15.5. The summed E-state index contributed by atoms with van der Waals surface area (Å²) in [6.07, 6.45) is 3.49. The number of ether oxygens (including phenoxy) is 1. The third kappa shape index (κ3) is 3.06. The molecule has 1 aliphatic carbocycles. The van der Waals surface area contributed by atoms with Crippen molar-refractivity contribution in [1.82, 2.24) is 0 Å². The largest absolute Gasteiger partial charge is 0.508 e. The Hall–Kier alpha value is -1.32. The molecule has 1 saturated carbocycles. The molecule has 0 spiro atoms. The summed E-state index contributed by atoms with van der Waals surface area (Å²) in [4.78, 5) is 0. The molecule has 0 radical (unpaired) electrons. The van der Waals surface area contributed by atoms with Crippen LogP contribution < -0.4 is 0 Å². The van der Waals surface area contributed by atoms with E-state index in [2.05, 4.69) is 40.2 Å². The summed E-state index contributed by atoms with van der Waals surface area (Å²) >= 11 is 3.41. The van der Waals surface area contributed by atoms with Gasteiger partial charge in [0, 0.05) is 11.6 Å². The first-order chi connectivity index (χ1) is 10.7. The van der Waals surface area contributed by atoms with Gasteiger partial charge in [-0.3, -0.25) is 0 Å². The predicted molar refractivity (Wildman–Crippen MR) is 92.1 cm³/mol. The van der Waals surface area contributed by atoms with E-state index >= 15 is 0 Å². The highest BCUT2D eigenvalue weighted by Gasteiger charge is 2.36. The van der Waals surface area contributed by atoms with Crippen LogP contribution in [0.5, 0.6) is 5.75 Å². The van der Waals surface area contributed by atoms with Crippen molar-refractivity contribution in [3.63, 3.8) is 0 Å². The van der Waals surface area contributed by atoms with Crippen LogP contribution in [0.3, 0.4) is 0 Å². The van der Waals surface area contributed by atoms with Gasteiger partial charge in [0.25, 0.3) is 0 Å². The third-order valence-corrected chi connectivity index (χ3v) is 5.23. The van der Waals surface area contributed by atoms with E-state index in [1.807, 2.05) is 18.2 Å². The van der Waals surface area contributed by atoms with Crippen LogP contribution in [0, 0.1) is 5.92 Å². The summed E-state index contributed by atoms with van der Waals surface area (Å²) in [7, 11) is 1.79. The molecule has 1 unspecified atom stereocenters. The number of rotatable bonds is 4. The highest BCUT2D eigenvalue weighted by Crippen LogP contribution is 2.49. The van der Waals surface area contributed by atoms with Gasteiger partial charge in [-0.15, -0.1) is 0 Å². The van der Waals surface area contributed by atoms with Crippen LogP contribution in [0.15, 0.2) is 53.0 Å². The monoisotopic (exact) mass is 360 g/mol. The van der Waals surface area contributed by atoms with Gasteiger partial charge in [0.05, 0.1) is 6.10 Å². The van der Waals surface area contributed by atoms with Gasteiger partial charge in [-0.1, -0.05) is 58.7 Å². The highest BCUT2D eigenvalue weighted by molar-refractivity contribution is 9.10. The fourth-order valence-corrected chi connectivity index (χ4v) is 4.12. The molecule has 3 atom stereocenters. The van der Waals surface area contributed by atoms with Crippen molar-refractivity contribution in [3.05, 3.63) is 64.1 Å². The van der Waals surface area contributed by atoms with E-state index in [1.165, 1.54) is 12.0 Å². The zero-order valence-electron chi connectivity index (χ0n) is 12.7. The van der Waals surface area contributed by atoms with Gasteiger partial charge in [-0.2, -0.15) is 0 Å². The van der Waals surface area contributed by atoms with Crippen molar-refractivity contribution in [2.75, 3.05) is 7.11 Å². The molecule has 3 rings (SSSR count). The summed E-state index contributed by atoms with van der Waals surface area (Å²) in [6.45, 7) is 0. The smallest absolute Gasteiger partial charge is 0.120 e. The number of benzene rings is 2. The Morgan fingerprint density at radius 1 is 1.14 bits per heavy atom. The van der Waals surface area contributed by atoms with Crippen molar-refractivity contribution in [2.24, 2.45) is 5.92 Å². The Kier molecular flexibility index (Phi) is 4.84. The molecule has 2 nitrogen and oxygen atoms in total. The molecule has 1 fully saturated rings. The van der Waals surface area contributed by atoms with Crippen molar-refractivity contribution >= 4 is 15.9 Å². The Morgan fingerprint density at radius 2 is 1.91 bits per heavy atom. The summed E-state index contributed by atoms with van der Waals surface area (Å²) in [6, 6.07) is 16.2. The van der Waals surface area contributed by atoms with Crippen molar-refractivity contribution in [2.45, 2.75) is 31.3 Å². The van der Waals surface area contributed by atoms with Gasteiger partial charge in [-0.05, 0) is 47.9 Å². The van der Waals surface area contributed by atoms with Gasteiger partial charge in [0.2, 0.25) is 0 Å². The summed E-state index contributed by atoms with van der Waals surface area (Å²) < 4.78 is 6.76. The zero-order valence-corrected chi connectivity index (χ0v) is 14.3. The average Bonchev–Trinajstić information content (AvgIpc) is 2.98. The predicted octanol–water partition coefficient (Wildman–Crippen LogP) is 5.43. The second-order valence-corrected chi connectivity index (χ2v) is 6.89. The SMILES string of the molecule is COC(c1ccccc1)[C@@H]1CCC[C@@H]1c1ccc(Br)cc1O. The lowest BCUT2D eigenvalue weighted by molar-refractivity contribution is 0.0465. The Morgan fingerprint density at radius 3 is 2.59 bits per heavy atom. The maximum Gasteiger partial charge on any atom is 0.120 e. The van der Waals surface area contributed by atoms with E-state index in [-0.39, 0.29) is 6.10 Å². The normalized spacial score (nSPS) is 22.6. The fraction of sp³-hybridized carbons (Fsp3) is 0.368. The van der Waals surface area contributed by atoms with Crippen LogP contribution in [-0.4, -0.2) is 12.2 Å². The topological polar surface area (TPSA) is 29.5 Å². The van der Waals surface area contributed by atoms with Gasteiger partial charge in [0.15, 0.2) is 0 Å². The molecule has 0 aliphatic heterocycles. The molecule has 0 aromatic heterocycles. The first kappa shape index (κ1) is 15.6. The van der Waals surface area contributed by atoms with E-state index < -0.39 is 0 Å². The maximum atomic E-state index is 10.3. The second kappa shape index (κ2) is 6.84. The Balaban J connectivity index is 1.92. The lowest BCUT2D eigenvalue weighted by Crippen LogP contribution is -2.18. The number of aromatic hydroxyl groups is 1. The van der Waals surface area contributed by atoms with Gasteiger partial charge in [0.1, 0.15) is 5.75 Å². The fourth-order valence-electron chi connectivity index (χ4n) is 3.77. The first-order valence-electron chi connectivity index (χ1n) is 7.77. The average molecular weight is 361 g/mol. The number of halogens is 1. The van der Waals surface area contributed by atoms with Crippen molar-refractivity contribution in [3.8, 4) is 5.75 Å². The minimum absolute atomic E-state index is 0.0803. The molecule has 116 valence electrons. The molecule has 1 aliphatic rings.